The summed E-state index contributed by atoms with van der Waals surface area (Å²) in [6.45, 7) is 2.65. The predicted octanol–water partition coefficient (Wildman–Crippen LogP) is 2.91. The number of rotatable bonds is 7. The number of nitrogens with zero attached hydrogens (tertiary/aromatic N) is 2. The summed E-state index contributed by atoms with van der Waals surface area (Å²) in [6, 6.07) is 4.60. The summed E-state index contributed by atoms with van der Waals surface area (Å²) in [4.78, 5) is 9.01. The van der Waals surface area contributed by atoms with Gasteiger partial charge in [-0.2, -0.15) is 0 Å². The van der Waals surface area contributed by atoms with Crippen molar-refractivity contribution in [1.29, 1.82) is 0 Å². The number of aromatic nitrogens is 1. The van der Waals surface area contributed by atoms with Crippen molar-refractivity contribution in [2.24, 2.45) is 0 Å². The minimum absolute atomic E-state index is 0.0174. The molecule has 2 rings (SSSR count). The third-order valence-corrected chi connectivity index (χ3v) is 5.30. The van der Waals surface area contributed by atoms with E-state index in [0.29, 0.717) is 12.6 Å². The molecule has 0 bridgehead atoms. The van der Waals surface area contributed by atoms with Crippen LogP contribution in [0.1, 0.15) is 22.4 Å². The van der Waals surface area contributed by atoms with Crippen molar-refractivity contribution in [3.63, 3.8) is 0 Å². The Morgan fingerprint density at radius 3 is 2.90 bits per heavy atom. The molecular weight excluding hydrogens is 292 g/mol. The lowest BCUT2D eigenvalue weighted by atomic mass is 10.2. The Hall–Kier alpha value is -0.950. The molecule has 0 fully saturated rings. The molecule has 1 unspecified atom stereocenters. The number of ether oxygens (including phenoxy) is 1. The average Bonchev–Trinajstić information content (AvgIpc) is 3.07. The van der Waals surface area contributed by atoms with Gasteiger partial charge in [-0.25, -0.2) is 4.98 Å². The molecule has 0 aliphatic carbocycles. The molecule has 0 amide bonds. The van der Waals surface area contributed by atoms with Crippen LogP contribution < -0.4 is 4.90 Å². The molecule has 6 heteroatoms. The largest absolute Gasteiger partial charge is 0.391 e. The number of hydrogen-bond acceptors (Lipinski definition) is 6. The Bertz CT molecular complexity index is 525. The maximum absolute atomic E-state index is 9.38. The van der Waals surface area contributed by atoms with Crippen LogP contribution in [-0.4, -0.2) is 30.3 Å². The summed E-state index contributed by atoms with van der Waals surface area (Å²) in [5.41, 5.74) is 0.838. The van der Waals surface area contributed by atoms with E-state index in [1.165, 1.54) is 16.2 Å². The summed E-state index contributed by atoms with van der Waals surface area (Å²) in [5.74, 6) is 0. The quantitative estimate of drug-likeness (QED) is 0.854. The Balaban J connectivity index is 2.09. The van der Waals surface area contributed by atoms with E-state index in [4.69, 9.17) is 4.74 Å². The van der Waals surface area contributed by atoms with E-state index in [9.17, 15) is 5.11 Å². The van der Waals surface area contributed by atoms with Gasteiger partial charge in [0.2, 0.25) is 0 Å². The second kappa shape index (κ2) is 7.17. The van der Waals surface area contributed by atoms with Crippen molar-refractivity contribution in [2.75, 3.05) is 19.1 Å². The molecule has 2 aromatic rings. The van der Waals surface area contributed by atoms with Crippen LogP contribution in [0.3, 0.4) is 0 Å². The molecule has 0 aliphatic heterocycles. The topological polar surface area (TPSA) is 45.6 Å². The number of hydrogen-bond donors (Lipinski definition) is 1. The van der Waals surface area contributed by atoms with Crippen molar-refractivity contribution in [2.45, 2.75) is 32.6 Å². The lowest BCUT2D eigenvalue weighted by Gasteiger charge is -2.23. The molecule has 2 aromatic heterocycles. The number of thiophene rings is 1. The smallest absolute Gasteiger partial charge is 0.185 e. The normalized spacial score (nSPS) is 12.6. The summed E-state index contributed by atoms with van der Waals surface area (Å²) in [6.07, 6.45) is 1.00. The molecule has 0 saturated heterocycles. The van der Waals surface area contributed by atoms with Crippen molar-refractivity contribution in [3.05, 3.63) is 33.0 Å². The summed E-state index contributed by atoms with van der Waals surface area (Å²) < 4.78 is 5.13. The zero-order valence-corrected chi connectivity index (χ0v) is 13.6. The van der Waals surface area contributed by atoms with Crippen molar-refractivity contribution in [1.82, 2.24) is 4.98 Å². The fourth-order valence-electron chi connectivity index (χ4n) is 1.94. The van der Waals surface area contributed by atoms with E-state index in [2.05, 4.69) is 41.4 Å². The highest BCUT2D eigenvalue weighted by atomic mass is 32.1. The molecule has 0 aromatic carbocycles. The Morgan fingerprint density at radius 1 is 1.50 bits per heavy atom. The van der Waals surface area contributed by atoms with Crippen molar-refractivity contribution < 1.29 is 9.84 Å². The molecule has 20 heavy (non-hydrogen) atoms. The maximum Gasteiger partial charge on any atom is 0.185 e. The first-order valence-electron chi connectivity index (χ1n) is 6.49. The Labute approximate surface area is 127 Å². The van der Waals surface area contributed by atoms with Crippen LogP contribution in [0.15, 0.2) is 17.5 Å². The molecule has 4 nitrogen and oxygen atoms in total. The molecule has 110 valence electrons. The van der Waals surface area contributed by atoms with Crippen LogP contribution in [-0.2, 0) is 24.4 Å². The third-order valence-electron chi connectivity index (χ3n) is 3.23. The standard InChI is InChI=1S/C14H20N2O2S2/c1-10(7-11-5-4-6-19-11)16(2)14-15-12(9-18-3)13(8-17)20-14/h4-6,10,17H,7-9H2,1-3H3. The lowest BCUT2D eigenvalue weighted by Crippen LogP contribution is -2.30. The van der Waals surface area contributed by atoms with Gasteiger partial charge in [0.25, 0.3) is 0 Å². The number of aliphatic hydroxyl groups excluding tert-OH is 1. The monoisotopic (exact) mass is 312 g/mol. The van der Waals surface area contributed by atoms with Gasteiger partial charge in [-0.15, -0.1) is 11.3 Å². The van der Waals surface area contributed by atoms with E-state index in [0.717, 1.165) is 22.1 Å². The molecule has 1 N–H and O–H groups in total. The van der Waals surface area contributed by atoms with Crippen molar-refractivity contribution in [3.8, 4) is 0 Å². The van der Waals surface area contributed by atoms with Gasteiger partial charge in [-0.05, 0) is 18.4 Å². The number of aliphatic hydroxyl groups is 1. The first kappa shape index (κ1) is 15.4. The minimum Gasteiger partial charge on any atom is -0.391 e. The second-order valence-corrected chi connectivity index (χ2v) is 6.80. The molecule has 0 saturated carbocycles. The SMILES string of the molecule is COCc1nc(N(C)C(C)Cc2cccs2)sc1CO. The third kappa shape index (κ3) is 3.58. The highest BCUT2D eigenvalue weighted by Gasteiger charge is 2.17. The van der Waals surface area contributed by atoms with Gasteiger partial charge in [0.15, 0.2) is 5.13 Å². The van der Waals surface area contributed by atoms with Gasteiger partial charge in [0.05, 0.1) is 23.8 Å². The van der Waals surface area contributed by atoms with Gasteiger partial charge in [0.1, 0.15) is 0 Å². The van der Waals surface area contributed by atoms with Gasteiger partial charge >= 0.3 is 0 Å². The first-order valence-corrected chi connectivity index (χ1v) is 8.19. The molecule has 1 atom stereocenters. The van der Waals surface area contributed by atoms with E-state index in [1.807, 2.05) is 0 Å². The number of likely N-dealkylation sites (N-methyl/N-ethyl adjacent to an activating group) is 1. The Kier molecular flexibility index (Phi) is 5.54. The average molecular weight is 312 g/mol. The molecule has 0 radical (unpaired) electrons. The number of anilines is 1. The fourth-order valence-corrected chi connectivity index (χ4v) is 3.75. The number of thiazole rings is 1. The molecule has 0 aliphatic rings. The van der Waals surface area contributed by atoms with Crippen LogP contribution in [0.4, 0.5) is 5.13 Å². The number of methoxy groups -OCH3 is 1. The van der Waals surface area contributed by atoms with E-state index in [-0.39, 0.29) is 6.61 Å². The van der Waals surface area contributed by atoms with Crippen LogP contribution in [0, 0.1) is 0 Å². The first-order chi connectivity index (χ1) is 9.65. The predicted molar refractivity (Wildman–Crippen MR) is 84.6 cm³/mol. The van der Waals surface area contributed by atoms with Crippen LogP contribution in [0.25, 0.3) is 0 Å². The summed E-state index contributed by atoms with van der Waals surface area (Å²) in [5, 5.41) is 12.4. The van der Waals surface area contributed by atoms with Crippen LogP contribution in [0.5, 0.6) is 0 Å². The summed E-state index contributed by atoms with van der Waals surface area (Å²) in [7, 11) is 3.69. The second-order valence-electron chi connectivity index (χ2n) is 4.70. The lowest BCUT2D eigenvalue weighted by molar-refractivity contribution is 0.179. The highest BCUT2D eigenvalue weighted by molar-refractivity contribution is 7.15. The summed E-state index contributed by atoms with van der Waals surface area (Å²) >= 11 is 3.32. The Morgan fingerprint density at radius 2 is 2.30 bits per heavy atom. The van der Waals surface area contributed by atoms with Gasteiger partial charge in [0, 0.05) is 31.5 Å². The van der Waals surface area contributed by atoms with Crippen LogP contribution in [0.2, 0.25) is 0 Å². The van der Waals surface area contributed by atoms with Crippen molar-refractivity contribution >= 4 is 27.8 Å². The van der Waals surface area contributed by atoms with Crippen LogP contribution >= 0.6 is 22.7 Å². The van der Waals surface area contributed by atoms with Gasteiger partial charge < -0.3 is 14.7 Å². The molecule has 0 spiro atoms. The van der Waals surface area contributed by atoms with E-state index < -0.39 is 0 Å². The highest BCUT2D eigenvalue weighted by Crippen LogP contribution is 2.28. The minimum atomic E-state index is 0.0174. The van der Waals surface area contributed by atoms with Gasteiger partial charge in [-0.3, -0.25) is 0 Å². The van der Waals surface area contributed by atoms with Gasteiger partial charge in [-0.1, -0.05) is 17.4 Å². The molecular formula is C14H20N2O2S2. The molecule has 2 heterocycles. The fraction of sp³-hybridized carbons (Fsp3) is 0.500. The zero-order valence-electron chi connectivity index (χ0n) is 12.0. The van der Waals surface area contributed by atoms with E-state index >= 15 is 0 Å². The van der Waals surface area contributed by atoms with E-state index in [1.54, 1.807) is 18.4 Å². The maximum atomic E-state index is 9.38. The zero-order chi connectivity index (χ0) is 14.5.